The van der Waals surface area contributed by atoms with Gasteiger partial charge in [0, 0.05) is 47.7 Å². The molecule has 4 rings (SSSR count). The lowest BCUT2D eigenvalue weighted by Gasteiger charge is -2.36. The molecule has 0 bridgehead atoms. The van der Waals surface area contributed by atoms with Gasteiger partial charge in [0.2, 0.25) is 5.91 Å². The Balaban J connectivity index is 1.49. The molecule has 2 aromatic heterocycles. The number of sulfone groups is 1. The van der Waals surface area contributed by atoms with Crippen molar-refractivity contribution in [1.82, 2.24) is 25.4 Å². The second-order valence-corrected chi connectivity index (χ2v) is 10.2. The topological polar surface area (TPSA) is 108 Å². The molecule has 2 N–H and O–H groups in total. The second-order valence-electron chi connectivity index (χ2n) is 8.29. The standard InChI is InChI=1S/C20H27N5O3S/c1-13(2)17(22-15-7-10-29(27,28)12-15)20(26)25-9-4-5-14(11-25)18-16-6-3-8-21-19(16)24-23-18/h3,6-8,10,13-15,17,22H,4-5,9,11-12H2,1-2H3,(H,21,23,24)/t14-,15-,17+/m1/s1. The summed E-state index contributed by atoms with van der Waals surface area (Å²) in [5.41, 5.74) is 1.73. The third kappa shape index (κ3) is 4.20. The zero-order valence-corrected chi connectivity index (χ0v) is 17.5. The molecule has 156 valence electrons. The van der Waals surface area contributed by atoms with E-state index in [9.17, 15) is 13.2 Å². The number of pyridine rings is 1. The monoisotopic (exact) mass is 417 g/mol. The Labute approximate surface area is 170 Å². The molecule has 1 fully saturated rings. The quantitative estimate of drug-likeness (QED) is 0.765. The van der Waals surface area contributed by atoms with Crippen molar-refractivity contribution < 1.29 is 13.2 Å². The number of aromatic amines is 1. The van der Waals surface area contributed by atoms with Crippen molar-refractivity contribution in [2.45, 2.75) is 44.7 Å². The molecule has 0 spiro atoms. The third-order valence-corrected chi connectivity index (χ3v) is 7.15. The number of carbonyl (C=O) groups is 1. The van der Waals surface area contributed by atoms with Gasteiger partial charge in [0.25, 0.3) is 0 Å². The lowest BCUT2D eigenvalue weighted by atomic mass is 9.92. The van der Waals surface area contributed by atoms with Gasteiger partial charge >= 0.3 is 0 Å². The van der Waals surface area contributed by atoms with E-state index in [1.807, 2.05) is 30.9 Å². The summed E-state index contributed by atoms with van der Waals surface area (Å²) in [4.78, 5) is 19.5. The number of nitrogens with one attached hydrogen (secondary N) is 2. The lowest BCUT2D eigenvalue weighted by Crippen LogP contribution is -2.54. The number of H-pyrrole nitrogens is 1. The van der Waals surface area contributed by atoms with Crippen molar-refractivity contribution in [3.63, 3.8) is 0 Å². The molecule has 0 saturated carbocycles. The van der Waals surface area contributed by atoms with E-state index in [-0.39, 0.29) is 29.5 Å². The molecular formula is C20H27N5O3S. The first kappa shape index (κ1) is 20.0. The average Bonchev–Trinajstić information content (AvgIpc) is 3.28. The predicted octanol–water partition coefficient (Wildman–Crippen LogP) is 1.59. The van der Waals surface area contributed by atoms with Gasteiger partial charge in [-0.2, -0.15) is 5.10 Å². The Hall–Kier alpha value is -2.26. The van der Waals surface area contributed by atoms with E-state index in [1.54, 1.807) is 12.3 Å². The number of rotatable bonds is 5. The summed E-state index contributed by atoms with van der Waals surface area (Å²) < 4.78 is 23.4. The number of amides is 1. The minimum atomic E-state index is -3.16. The molecule has 2 aromatic rings. The molecule has 8 nitrogen and oxygen atoms in total. The first-order chi connectivity index (χ1) is 13.8. The van der Waals surface area contributed by atoms with Crippen molar-refractivity contribution in [1.29, 1.82) is 0 Å². The molecule has 9 heteroatoms. The van der Waals surface area contributed by atoms with Crippen LogP contribution in [0, 0.1) is 5.92 Å². The van der Waals surface area contributed by atoms with Crippen LogP contribution < -0.4 is 5.32 Å². The maximum absolute atomic E-state index is 13.3. The van der Waals surface area contributed by atoms with Crippen LogP contribution in [0.15, 0.2) is 29.8 Å². The van der Waals surface area contributed by atoms with Gasteiger partial charge in [0.05, 0.1) is 11.8 Å². The van der Waals surface area contributed by atoms with E-state index in [2.05, 4.69) is 20.5 Å². The third-order valence-electron chi connectivity index (χ3n) is 5.76. The first-order valence-corrected chi connectivity index (χ1v) is 11.8. The van der Waals surface area contributed by atoms with Gasteiger partial charge in [-0.15, -0.1) is 0 Å². The largest absolute Gasteiger partial charge is 0.341 e. The number of piperidine rings is 1. The summed E-state index contributed by atoms with van der Waals surface area (Å²) in [6.07, 6.45) is 5.26. The average molecular weight is 418 g/mol. The van der Waals surface area contributed by atoms with Crippen LogP contribution in [-0.4, -0.2) is 65.3 Å². The van der Waals surface area contributed by atoms with Crippen LogP contribution in [0.25, 0.3) is 11.0 Å². The van der Waals surface area contributed by atoms with Crippen LogP contribution in [0.4, 0.5) is 0 Å². The van der Waals surface area contributed by atoms with E-state index in [0.29, 0.717) is 18.7 Å². The zero-order valence-electron chi connectivity index (χ0n) is 16.7. The van der Waals surface area contributed by atoms with Crippen molar-refractivity contribution in [3.05, 3.63) is 35.5 Å². The molecule has 1 saturated heterocycles. The summed E-state index contributed by atoms with van der Waals surface area (Å²) in [5, 5.41) is 12.9. The van der Waals surface area contributed by atoms with E-state index in [1.165, 1.54) is 5.41 Å². The van der Waals surface area contributed by atoms with E-state index < -0.39 is 15.9 Å². The Morgan fingerprint density at radius 1 is 1.38 bits per heavy atom. The highest BCUT2D eigenvalue weighted by Gasteiger charge is 2.34. The van der Waals surface area contributed by atoms with Crippen LogP contribution in [0.1, 0.15) is 38.3 Å². The molecule has 2 aliphatic rings. The number of hydrogen-bond acceptors (Lipinski definition) is 6. The van der Waals surface area contributed by atoms with Crippen molar-refractivity contribution >= 4 is 26.8 Å². The Morgan fingerprint density at radius 2 is 2.21 bits per heavy atom. The molecule has 4 heterocycles. The predicted molar refractivity (Wildman–Crippen MR) is 111 cm³/mol. The molecule has 0 unspecified atom stereocenters. The van der Waals surface area contributed by atoms with E-state index in [0.717, 1.165) is 23.9 Å². The van der Waals surface area contributed by atoms with Gasteiger partial charge < -0.3 is 4.90 Å². The van der Waals surface area contributed by atoms with E-state index >= 15 is 0 Å². The highest BCUT2D eigenvalue weighted by atomic mass is 32.2. The van der Waals surface area contributed by atoms with Crippen LogP contribution in [0.5, 0.6) is 0 Å². The fourth-order valence-corrected chi connectivity index (χ4v) is 5.50. The Morgan fingerprint density at radius 3 is 2.93 bits per heavy atom. The normalized spacial score (nSPS) is 25.0. The number of likely N-dealkylation sites (tertiary alicyclic amines) is 1. The molecule has 0 radical (unpaired) electrons. The van der Waals surface area contributed by atoms with Crippen molar-refractivity contribution in [2.75, 3.05) is 18.8 Å². The molecule has 29 heavy (non-hydrogen) atoms. The van der Waals surface area contributed by atoms with Gasteiger partial charge in [0.15, 0.2) is 15.5 Å². The van der Waals surface area contributed by atoms with Gasteiger partial charge in [-0.05, 0) is 30.9 Å². The van der Waals surface area contributed by atoms with Crippen LogP contribution in [0.2, 0.25) is 0 Å². The molecule has 3 atom stereocenters. The second kappa shape index (κ2) is 7.87. The number of hydrogen-bond donors (Lipinski definition) is 2. The zero-order chi connectivity index (χ0) is 20.6. The summed E-state index contributed by atoms with van der Waals surface area (Å²) in [7, 11) is -3.16. The van der Waals surface area contributed by atoms with Crippen LogP contribution >= 0.6 is 0 Å². The van der Waals surface area contributed by atoms with Crippen LogP contribution in [0.3, 0.4) is 0 Å². The Kier molecular flexibility index (Phi) is 5.44. The van der Waals surface area contributed by atoms with Gasteiger partial charge in [-0.1, -0.05) is 19.9 Å². The maximum atomic E-state index is 13.3. The number of fused-ring (bicyclic) bond motifs is 1. The summed E-state index contributed by atoms with van der Waals surface area (Å²) in [6, 6.07) is 3.17. The number of aromatic nitrogens is 3. The smallest absolute Gasteiger partial charge is 0.240 e. The van der Waals surface area contributed by atoms with Gasteiger partial charge in [-0.3, -0.25) is 15.2 Å². The number of carbonyl (C=O) groups excluding carboxylic acids is 1. The summed E-state index contributed by atoms with van der Waals surface area (Å²) in [6.45, 7) is 5.30. The fourth-order valence-electron chi connectivity index (χ4n) is 4.25. The highest BCUT2D eigenvalue weighted by molar-refractivity contribution is 7.94. The van der Waals surface area contributed by atoms with Gasteiger partial charge in [0.1, 0.15) is 0 Å². The minimum Gasteiger partial charge on any atom is -0.341 e. The van der Waals surface area contributed by atoms with E-state index in [4.69, 9.17) is 0 Å². The Bertz CT molecular complexity index is 1030. The minimum absolute atomic E-state index is 0.0132. The summed E-state index contributed by atoms with van der Waals surface area (Å²) >= 11 is 0. The maximum Gasteiger partial charge on any atom is 0.240 e. The van der Waals surface area contributed by atoms with Gasteiger partial charge in [-0.25, -0.2) is 13.4 Å². The van der Waals surface area contributed by atoms with Crippen molar-refractivity contribution in [2.24, 2.45) is 5.92 Å². The molecule has 0 aliphatic carbocycles. The molecular weight excluding hydrogens is 390 g/mol. The SMILES string of the molecule is CC(C)[C@H](N[C@@H]1C=CS(=O)(=O)C1)C(=O)N1CCC[C@@H](c2[nH]nc3ncccc23)C1. The lowest BCUT2D eigenvalue weighted by molar-refractivity contribution is -0.136. The van der Waals surface area contributed by atoms with Crippen LogP contribution in [-0.2, 0) is 14.6 Å². The number of nitrogens with zero attached hydrogens (tertiary/aromatic N) is 3. The molecule has 2 aliphatic heterocycles. The molecule has 1 amide bonds. The fraction of sp³-hybridized carbons (Fsp3) is 0.550. The highest BCUT2D eigenvalue weighted by Crippen LogP contribution is 2.30. The molecule has 0 aromatic carbocycles. The summed E-state index contributed by atoms with van der Waals surface area (Å²) in [5.74, 6) is 0.279. The van der Waals surface area contributed by atoms with Crippen molar-refractivity contribution in [3.8, 4) is 0 Å². The first-order valence-electron chi connectivity index (χ1n) is 10.1.